The number of fused-ring (bicyclic) bond motifs is 1. The van der Waals surface area contributed by atoms with Crippen molar-refractivity contribution in [3.63, 3.8) is 0 Å². The van der Waals surface area contributed by atoms with E-state index in [0.717, 1.165) is 0 Å². The molecule has 2 heterocycles. The first kappa shape index (κ1) is 15.1. The zero-order valence-corrected chi connectivity index (χ0v) is 12.9. The molecule has 0 atom stereocenters. The Hall–Kier alpha value is -2.78. The summed E-state index contributed by atoms with van der Waals surface area (Å²) in [5.74, 6) is -0.309. The number of hydrogen-bond acceptors (Lipinski definition) is 5. The number of benzene rings is 1. The maximum Gasteiger partial charge on any atom is 0.238 e. The molecule has 0 unspecified atom stereocenters. The average Bonchev–Trinajstić information content (AvgIpc) is 2.89. The Morgan fingerprint density at radius 2 is 2.09 bits per heavy atom. The van der Waals surface area contributed by atoms with E-state index < -0.39 is 10.0 Å². The third-order valence-corrected chi connectivity index (χ3v) is 4.13. The second-order valence-electron chi connectivity index (χ2n) is 4.88. The SMILES string of the molecule is CC(=O)Nc1ccc(-c2cnn3cccnc23)c(S(N)(=O)=O)c1. The number of aromatic nitrogens is 3. The number of anilines is 1. The van der Waals surface area contributed by atoms with Gasteiger partial charge in [-0.3, -0.25) is 4.79 Å². The molecule has 2 aromatic heterocycles. The number of amides is 1. The first-order valence-electron chi connectivity index (χ1n) is 6.59. The molecule has 0 aliphatic carbocycles. The number of nitrogens with one attached hydrogen (secondary N) is 1. The maximum atomic E-state index is 11.9. The first-order chi connectivity index (χ1) is 10.9. The van der Waals surface area contributed by atoms with Gasteiger partial charge in [0, 0.05) is 36.1 Å². The van der Waals surface area contributed by atoms with Crippen LogP contribution >= 0.6 is 0 Å². The van der Waals surface area contributed by atoms with Crippen molar-refractivity contribution in [1.82, 2.24) is 14.6 Å². The molecule has 9 heteroatoms. The van der Waals surface area contributed by atoms with E-state index in [2.05, 4.69) is 15.4 Å². The summed E-state index contributed by atoms with van der Waals surface area (Å²) < 4.78 is 25.4. The summed E-state index contributed by atoms with van der Waals surface area (Å²) >= 11 is 0. The molecular weight excluding hydrogens is 318 g/mol. The van der Waals surface area contributed by atoms with E-state index in [0.29, 0.717) is 22.5 Å². The Kier molecular flexibility index (Phi) is 3.58. The van der Waals surface area contributed by atoms with E-state index in [1.54, 1.807) is 30.6 Å². The van der Waals surface area contributed by atoms with Gasteiger partial charge >= 0.3 is 0 Å². The van der Waals surface area contributed by atoms with E-state index in [-0.39, 0.29) is 10.8 Å². The second-order valence-corrected chi connectivity index (χ2v) is 6.41. The number of rotatable bonds is 3. The van der Waals surface area contributed by atoms with Gasteiger partial charge in [0.25, 0.3) is 0 Å². The van der Waals surface area contributed by atoms with Crippen LogP contribution in [-0.2, 0) is 14.8 Å². The Labute approximate surface area is 132 Å². The van der Waals surface area contributed by atoms with E-state index in [1.807, 2.05) is 0 Å². The molecule has 0 saturated carbocycles. The summed E-state index contributed by atoms with van der Waals surface area (Å²) in [6, 6.07) is 6.19. The van der Waals surface area contributed by atoms with Crippen molar-refractivity contribution in [1.29, 1.82) is 0 Å². The first-order valence-corrected chi connectivity index (χ1v) is 8.14. The lowest BCUT2D eigenvalue weighted by atomic mass is 10.1. The summed E-state index contributed by atoms with van der Waals surface area (Å²) in [7, 11) is -4.00. The van der Waals surface area contributed by atoms with Crippen molar-refractivity contribution in [3.05, 3.63) is 42.9 Å². The number of hydrogen-bond donors (Lipinski definition) is 2. The highest BCUT2D eigenvalue weighted by Gasteiger charge is 2.19. The van der Waals surface area contributed by atoms with Crippen LogP contribution in [0.2, 0.25) is 0 Å². The van der Waals surface area contributed by atoms with Gasteiger partial charge in [0.1, 0.15) is 0 Å². The van der Waals surface area contributed by atoms with Gasteiger partial charge in [0.05, 0.1) is 11.1 Å². The molecule has 0 spiro atoms. The molecule has 0 saturated heterocycles. The zero-order chi connectivity index (χ0) is 16.6. The smallest absolute Gasteiger partial charge is 0.238 e. The number of sulfonamides is 1. The summed E-state index contributed by atoms with van der Waals surface area (Å²) in [6.45, 7) is 1.33. The minimum absolute atomic E-state index is 0.107. The second kappa shape index (κ2) is 5.45. The van der Waals surface area contributed by atoms with Crippen LogP contribution in [-0.4, -0.2) is 28.9 Å². The topological polar surface area (TPSA) is 119 Å². The Morgan fingerprint density at radius 1 is 1.30 bits per heavy atom. The van der Waals surface area contributed by atoms with Crippen LogP contribution in [0.15, 0.2) is 47.8 Å². The molecule has 8 nitrogen and oxygen atoms in total. The van der Waals surface area contributed by atoms with Crippen molar-refractivity contribution in [2.75, 3.05) is 5.32 Å². The normalized spacial score (nSPS) is 11.6. The molecule has 0 bridgehead atoms. The van der Waals surface area contributed by atoms with Crippen LogP contribution in [0.4, 0.5) is 5.69 Å². The highest BCUT2D eigenvalue weighted by molar-refractivity contribution is 7.89. The molecule has 1 aromatic carbocycles. The van der Waals surface area contributed by atoms with Crippen molar-refractivity contribution in [2.45, 2.75) is 11.8 Å². The van der Waals surface area contributed by atoms with Gasteiger partial charge < -0.3 is 5.32 Å². The molecule has 3 aromatic rings. The zero-order valence-electron chi connectivity index (χ0n) is 12.1. The predicted molar refractivity (Wildman–Crippen MR) is 84.1 cm³/mol. The van der Waals surface area contributed by atoms with Crippen molar-refractivity contribution in [2.24, 2.45) is 5.14 Å². The average molecular weight is 331 g/mol. The predicted octanol–water partition coefficient (Wildman–Crippen LogP) is 1.00. The van der Waals surface area contributed by atoms with Crippen LogP contribution in [0.25, 0.3) is 16.8 Å². The molecule has 118 valence electrons. The molecule has 23 heavy (non-hydrogen) atoms. The van der Waals surface area contributed by atoms with Crippen LogP contribution in [0.5, 0.6) is 0 Å². The quantitative estimate of drug-likeness (QED) is 0.742. The highest BCUT2D eigenvalue weighted by Crippen LogP contribution is 2.31. The molecular formula is C14H13N5O3S. The number of primary sulfonamides is 1. The lowest BCUT2D eigenvalue weighted by Crippen LogP contribution is -2.14. The number of nitrogens with two attached hydrogens (primary N) is 1. The number of nitrogens with zero attached hydrogens (tertiary/aromatic N) is 3. The fourth-order valence-corrected chi connectivity index (χ4v) is 3.05. The van der Waals surface area contributed by atoms with Gasteiger partial charge in [0.15, 0.2) is 5.65 Å². The van der Waals surface area contributed by atoms with Gasteiger partial charge in [-0.15, -0.1) is 0 Å². The molecule has 3 N–H and O–H groups in total. The van der Waals surface area contributed by atoms with Crippen LogP contribution < -0.4 is 10.5 Å². The van der Waals surface area contributed by atoms with Crippen molar-refractivity contribution in [3.8, 4) is 11.1 Å². The third kappa shape index (κ3) is 2.91. The Morgan fingerprint density at radius 3 is 2.78 bits per heavy atom. The Balaban J connectivity index is 2.25. The minimum Gasteiger partial charge on any atom is -0.326 e. The minimum atomic E-state index is -4.00. The molecule has 0 aliphatic rings. The molecule has 0 fully saturated rings. The third-order valence-electron chi connectivity index (χ3n) is 3.18. The number of carbonyl (C=O) groups excluding carboxylic acids is 1. The maximum absolute atomic E-state index is 11.9. The summed E-state index contributed by atoms with van der Waals surface area (Å²) in [5.41, 5.74) is 1.75. The molecule has 0 radical (unpaired) electrons. The van der Waals surface area contributed by atoms with Gasteiger partial charge in [-0.2, -0.15) is 5.10 Å². The van der Waals surface area contributed by atoms with E-state index in [1.165, 1.54) is 23.7 Å². The van der Waals surface area contributed by atoms with Gasteiger partial charge in [-0.05, 0) is 18.2 Å². The van der Waals surface area contributed by atoms with E-state index in [9.17, 15) is 13.2 Å². The standard InChI is InChI=1S/C14H13N5O3S/c1-9(20)18-10-3-4-11(13(7-10)23(15,21)22)12-8-17-19-6-2-5-16-14(12)19/h2-8H,1H3,(H,18,20)(H2,15,21,22). The lowest BCUT2D eigenvalue weighted by molar-refractivity contribution is -0.114. The number of carbonyl (C=O) groups is 1. The van der Waals surface area contributed by atoms with Crippen LogP contribution in [0.1, 0.15) is 6.92 Å². The molecule has 0 aliphatic heterocycles. The van der Waals surface area contributed by atoms with Crippen molar-refractivity contribution < 1.29 is 13.2 Å². The monoisotopic (exact) mass is 331 g/mol. The van der Waals surface area contributed by atoms with Gasteiger partial charge in [0.2, 0.25) is 15.9 Å². The summed E-state index contributed by atoms with van der Waals surface area (Å²) in [6.07, 6.45) is 4.81. The molecule has 1 amide bonds. The van der Waals surface area contributed by atoms with Crippen molar-refractivity contribution >= 4 is 27.3 Å². The van der Waals surface area contributed by atoms with Crippen LogP contribution in [0, 0.1) is 0 Å². The fraction of sp³-hybridized carbons (Fsp3) is 0.0714. The highest BCUT2D eigenvalue weighted by atomic mass is 32.2. The largest absolute Gasteiger partial charge is 0.326 e. The fourth-order valence-electron chi connectivity index (χ4n) is 2.28. The lowest BCUT2D eigenvalue weighted by Gasteiger charge is -2.09. The Bertz CT molecular complexity index is 1010. The summed E-state index contributed by atoms with van der Waals surface area (Å²) in [4.78, 5) is 15.2. The van der Waals surface area contributed by atoms with Gasteiger partial charge in [-0.1, -0.05) is 6.07 Å². The van der Waals surface area contributed by atoms with E-state index in [4.69, 9.17) is 5.14 Å². The summed E-state index contributed by atoms with van der Waals surface area (Å²) in [5, 5.41) is 12.0. The van der Waals surface area contributed by atoms with Crippen LogP contribution in [0.3, 0.4) is 0 Å². The van der Waals surface area contributed by atoms with Gasteiger partial charge in [-0.25, -0.2) is 23.1 Å². The molecule has 3 rings (SSSR count). The van der Waals surface area contributed by atoms with E-state index >= 15 is 0 Å².